The van der Waals surface area contributed by atoms with Crippen molar-refractivity contribution in [3.05, 3.63) is 23.7 Å². The Morgan fingerprint density at radius 2 is 2.33 bits per heavy atom. The van der Waals surface area contributed by atoms with Gasteiger partial charge in [0.25, 0.3) is 0 Å². The molecular weight excluding hydrogens is 232 g/mol. The minimum absolute atomic E-state index is 0.109. The summed E-state index contributed by atoms with van der Waals surface area (Å²) in [5, 5.41) is 3.06. The SMILES string of the molecule is CNC1C(=O)N(CC2COC2)CCc2ccoc21. The molecule has 1 aromatic heterocycles. The molecule has 18 heavy (non-hydrogen) atoms. The topological polar surface area (TPSA) is 54.7 Å². The summed E-state index contributed by atoms with van der Waals surface area (Å²) < 4.78 is 10.6. The lowest BCUT2D eigenvalue weighted by atomic mass is 10.1. The zero-order chi connectivity index (χ0) is 12.5. The molecule has 1 unspecified atom stereocenters. The summed E-state index contributed by atoms with van der Waals surface area (Å²) in [5.41, 5.74) is 1.13. The Bertz CT molecular complexity index is 439. The molecule has 3 heterocycles. The third-order valence-electron chi connectivity index (χ3n) is 3.73. The van der Waals surface area contributed by atoms with Crippen molar-refractivity contribution in [2.24, 2.45) is 5.92 Å². The summed E-state index contributed by atoms with van der Waals surface area (Å²) in [7, 11) is 1.80. The molecule has 1 atom stereocenters. The Balaban J connectivity index is 1.79. The standard InChI is InChI=1S/C13H18N2O3/c1-14-11-12-10(3-5-18-12)2-4-15(13(11)16)6-9-7-17-8-9/h3,5,9,11,14H,2,4,6-8H2,1H3. The van der Waals surface area contributed by atoms with Crippen LogP contribution in [0.15, 0.2) is 16.7 Å². The van der Waals surface area contributed by atoms with Crippen LogP contribution in [0.3, 0.4) is 0 Å². The summed E-state index contributed by atoms with van der Waals surface area (Å²) in [6.07, 6.45) is 2.53. The molecule has 5 heteroatoms. The number of amides is 1. The first-order valence-electron chi connectivity index (χ1n) is 6.39. The molecule has 0 saturated carbocycles. The Labute approximate surface area is 106 Å². The first-order valence-corrected chi connectivity index (χ1v) is 6.39. The van der Waals surface area contributed by atoms with Gasteiger partial charge in [0.15, 0.2) is 0 Å². The number of furan rings is 1. The zero-order valence-electron chi connectivity index (χ0n) is 10.5. The van der Waals surface area contributed by atoms with Crippen molar-refractivity contribution in [3.63, 3.8) is 0 Å². The molecular formula is C13H18N2O3. The lowest BCUT2D eigenvalue weighted by Gasteiger charge is -2.32. The van der Waals surface area contributed by atoms with E-state index in [1.54, 1.807) is 13.3 Å². The molecule has 2 aliphatic rings. The van der Waals surface area contributed by atoms with E-state index >= 15 is 0 Å². The Hall–Kier alpha value is -1.33. The van der Waals surface area contributed by atoms with E-state index in [2.05, 4.69) is 5.32 Å². The molecule has 5 nitrogen and oxygen atoms in total. The largest absolute Gasteiger partial charge is 0.467 e. The van der Waals surface area contributed by atoms with Gasteiger partial charge in [-0.05, 0) is 25.1 Å². The van der Waals surface area contributed by atoms with Crippen molar-refractivity contribution in [2.45, 2.75) is 12.5 Å². The second-order valence-electron chi connectivity index (χ2n) is 4.97. The number of nitrogens with zero attached hydrogens (tertiary/aromatic N) is 1. The molecule has 1 aromatic rings. The van der Waals surface area contributed by atoms with Crippen LogP contribution in [0.25, 0.3) is 0 Å². The molecule has 1 fully saturated rings. The number of carbonyl (C=O) groups is 1. The van der Waals surface area contributed by atoms with Crippen molar-refractivity contribution in [1.29, 1.82) is 0 Å². The van der Waals surface area contributed by atoms with Crippen LogP contribution in [0.5, 0.6) is 0 Å². The van der Waals surface area contributed by atoms with Gasteiger partial charge in [-0.3, -0.25) is 4.79 Å². The van der Waals surface area contributed by atoms with E-state index in [-0.39, 0.29) is 11.9 Å². The van der Waals surface area contributed by atoms with Gasteiger partial charge in [-0.15, -0.1) is 0 Å². The minimum atomic E-state index is -0.349. The molecule has 98 valence electrons. The first kappa shape index (κ1) is 11.7. The van der Waals surface area contributed by atoms with Gasteiger partial charge in [-0.2, -0.15) is 0 Å². The third kappa shape index (κ3) is 1.93. The molecule has 0 aliphatic carbocycles. The number of fused-ring (bicyclic) bond motifs is 1. The van der Waals surface area contributed by atoms with Gasteiger partial charge in [0, 0.05) is 19.0 Å². The Morgan fingerprint density at radius 3 is 3.00 bits per heavy atom. The van der Waals surface area contributed by atoms with E-state index in [0.717, 1.165) is 44.0 Å². The number of ether oxygens (including phenoxy) is 1. The average Bonchev–Trinajstić information content (AvgIpc) is 2.72. The van der Waals surface area contributed by atoms with Gasteiger partial charge in [0.1, 0.15) is 11.8 Å². The quantitative estimate of drug-likeness (QED) is 0.852. The minimum Gasteiger partial charge on any atom is -0.467 e. The van der Waals surface area contributed by atoms with Gasteiger partial charge in [0.05, 0.1) is 19.5 Å². The second kappa shape index (κ2) is 4.74. The summed E-state index contributed by atoms with van der Waals surface area (Å²) in [4.78, 5) is 14.4. The van der Waals surface area contributed by atoms with E-state index in [1.165, 1.54) is 0 Å². The van der Waals surface area contributed by atoms with Crippen molar-refractivity contribution >= 4 is 5.91 Å². The highest BCUT2D eigenvalue weighted by Gasteiger charge is 2.34. The fraction of sp³-hybridized carbons (Fsp3) is 0.615. The molecule has 0 bridgehead atoms. The molecule has 1 saturated heterocycles. The monoisotopic (exact) mass is 250 g/mol. The van der Waals surface area contributed by atoms with Crippen molar-refractivity contribution in [1.82, 2.24) is 10.2 Å². The average molecular weight is 250 g/mol. The summed E-state index contributed by atoms with van der Waals surface area (Å²) >= 11 is 0. The number of carbonyl (C=O) groups excluding carboxylic acids is 1. The van der Waals surface area contributed by atoms with Gasteiger partial charge in [-0.1, -0.05) is 0 Å². The van der Waals surface area contributed by atoms with Crippen LogP contribution >= 0.6 is 0 Å². The highest BCUT2D eigenvalue weighted by atomic mass is 16.5. The third-order valence-corrected chi connectivity index (χ3v) is 3.73. The van der Waals surface area contributed by atoms with E-state index in [9.17, 15) is 4.79 Å². The highest BCUT2D eigenvalue weighted by Crippen LogP contribution is 2.26. The van der Waals surface area contributed by atoms with Crippen LogP contribution < -0.4 is 5.32 Å². The zero-order valence-corrected chi connectivity index (χ0v) is 10.5. The molecule has 0 spiro atoms. The number of likely N-dealkylation sites (N-methyl/N-ethyl adjacent to an activating group) is 1. The first-order chi connectivity index (χ1) is 8.79. The fourth-order valence-corrected chi connectivity index (χ4v) is 2.61. The Kier molecular flexibility index (Phi) is 3.09. The van der Waals surface area contributed by atoms with Gasteiger partial charge in [0.2, 0.25) is 5.91 Å². The fourth-order valence-electron chi connectivity index (χ4n) is 2.61. The van der Waals surface area contributed by atoms with Crippen molar-refractivity contribution in [3.8, 4) is 0 Å². The Morgan fingerprint density at radius 1 is 1.50 bits per heavy atom. The lowest BCUT2D eigenvalue weighted by molar-refractivity contribution is -0.137. The predicted molar refractivity (Wildman–Crippen MR) is 65.1 cm³/mol. The maximum absolute atomic E-state index is 12.5. The van der Waals surface area contributed by atoms with Crippen LogP contribution in [-0.2, 0) is 16.0 Å². The normalized spacial score (nSPS) is 24.6. The lowest BCUT2D eigenvalue weighted by Crippen LogP contribution is -2.45. The van der Waals surface area contributed by atoms with Crippen LogP contribution in [0, 0.1) is 5.92 Å². The van der Waals surface area contributed by atoms with Crippen LogP contribution in [0.2, 0.25) is 0 Å². The number of hydrogen-bond donors (Lipinski definition) is 1. The van der Waals surface area contributed by atoms with Gasteiger partial charge in [-0.25, -0.2) is 0 Å². The highest BCUT2D eigenvalue weighted by molar-refractivity contribution is 5.83. The van der Waals surface area contributed by atoms with E-state index in [1.807, 2.05) is 11.0 Å². The van der Waals surface area contributed by atoms with Gasteiger partial charge >= 0.3 is 0 Å². The maximum Gasteiger partial charge on any atom is 0.247 e. The molecule has 3 rings (SSSR count). The number of hydrogen-bond acceptors (Lipinski definition) is 4. The second-order valence-corrected chi connectivity index (χ2v) is 4.97. The van der Waals surface area contributed by atoms with E-state index in [0.29, 0.717) is 5.92 Å². The van der Waals surface area contributed by atoms with Crippen LogP contribution in [0.4, 0.5) is 0 Å². The number of nitrogens with one attached hydrogen (secondary N) is 1. The van der Waals surface area contributed by atoms with Crippen LogP contribution in [-0.4, -0.2) is 44.2 Å². The molecule has 0 aromatic carbocycles. The maximum atomic E-state index is 12.5. The van der Waals surface area contributed by atoms with E-state index < -0.39 is 0 Å². The van der Waals surface area contributed by atoms with Crippen molar-refractivity contribution in [2.75, 3.05) is 33.4 Å². The molecule has 0 radical (unpaired) electrons. The van der Waals surface area contributed by atoms with Gasteiger partial charge < -0.3 is 19.4 Å². The number of rotatable bonds is 3. The molecule has 2 aliphatic heterocycles. The smallest absolute Gasteiger partial charge is 0.247 e. The summed E-state index contributed by atoms with van der Waals surface area (Å²) in [6.45, 7) is 3.11. The molecule has 1 N–H and O–H groups in total. The molecule has 1 amide bonds. The predicted octanol–water partition coefficient (Wildman–Crippen LogP) is 0.571. The van der Waals surface area contributed by atoms with Crippen molar-refractivity contribution < 1.29 is 13.9 Å². The summed E-state index contributed by atoms with van der Waals surface area (Å²) in [5.74, 6) is 1.38. The van der Waals surface area contributed by atoms with E-state index in [4.69, 9.17) is 9.15 Å². The van der Waals surface area contributed by atoms with Crippen LogP contribution in [0.1, 0.15) is 17.4 Å². The summed E-state index contributed by atoms with van der Waals surface area (Å²) in [6, 6.07) is 1.61.